The van der Waals surface area contributed by atoms with Crippen LogP contribution in [-0.4, -0.2) is 53.1 Å². The van der Waals surface area contributed by atoms with Gasteiger partial charge in [0, 0.05) is 52.5 Å². The molecule has 172 valence electrons. The summed E-state index contributed by atoms with van der Waals surface area (Å²) in [5.41, 5.74) is 0.417. The number of unbranched alkanes of at least 4 members (excludes halogenated alkanes) is 5. The summed E-state index contributed by atoms with van der Waals surface area (Å²) in [5.74, 6) is -1.20. The van der Waals surface area contributed by atoms with Crippen LogP contribution < -0.4 is 0 Å². The van der Waals surface area contributed by atoms with Gasteiger partial charge in [-0.05, 0) is 26.2 Å². The number of carbonyl (C=O) groups excluding carboxylic acids is 1. The maximum Gasteiger partial charge on any atom is 0.333 e. The maximum absolute atomic E-state index is 11.3. The van der Waals surface area contributed by atoms with Gasteiger partial charge in [-0.1, -0.05) is 52.0 Å². The van der Waals surface area contributed by atoms with Crippen molar-refractivity contribution in [2.24, 2.45) is 5.92 Å². The van der Waals surface area contributed by atoms with Crippen LogP contribution in [0.3, 0.4) is 0 Å². The van der Waals surface area contributed by atoms with E-state index < -0.39 is 5.97 Å². The minimum Gasteiger partial charge on any atom is -0.462 e. The molecule has 0 aromatic carbocycles. The average Bonchev–Trinajstić information content (AvgIpc) is 2.72. The van der Waals surface area contributed by atoms with Crippen molar-refractivity contribution >= 4 is 5.97 Å². The van der Waals surface area contributed by atoms with Gasteiger partial charge in [0.15, 0.2) is 0 Å². The molecule has 0 saturated carbocycles. The van der Waals surface area contributed by atoms with E-state index in [-0.39, 0.29) is 11.9 Å². The summed E-state index contributed by atoms with van der Waals surface area (Å²) in [7, 11) is 4.89. The first kappa shape index (κ1) is 28.1. The Morgan fingerprint density at radius 2 is 1.38 bits per heavy atom. The molecule has 0 spiro atoms. The molecule has 0 fully saturated rings. The molecule has 0 aromatic heterocycles. The van der Waals surface area contributed by atoms with Crippen LogP contribution in [0.1, 0.15) is 78.1 Å². The Morgan fingerprint density at radius 3 is 1.97 bits per heavy atom. The van der Waals surface area contributed by atoms with Gasteiger partial charge in [-0.25, -0.2) is 4.79 Å². The predicted octanol–water partition coefficient (Wildman–Crippen LogP) is 5.25. The predicted molar refractivity (Wildman–Crippen MR) is 116 cm³/mol. The fourth-order valence-corrected chi connectivity index (χ4v) is 3.40. The Bertz CT molecular complexity index is 411. The SMILES string of the molecule is C=C(C)C(=O)OCCCOCCCC(CCCCCCCC)C(OC)(OC)OC. The van der Waals surface area contributed by atoms with Gasteiger partial charge in [0.2, 0.25) is 0 Å². The van der Waals surface area contributed by atoms with Gasteiger partial charge in [-0.2, -0.15) is 0 Å². The van der Waals surface area contributed by atoms with Crippen LogP contribution in [0.4, 0.5) is 0 Å². The molecule has 0 aliphatic carbocycles. The van der Waals surface area contributed by atoms with Crippen LogP contribution in [0, 0.1) is 5.92 Å². The first-order chi connectivity index (χ1) is 14.0. The number of esters is 1. The van der Waals surface area contributed by atoms with Crippen LogP contribution in [-0.2, 0) is 28.5 Å². The molecule has 0 rings (SSSR count). The van der Waals surface area contributed by atoms with Crippen LogP contribution >= 0.6 is 0 Å². The summed E-state index contributed by atoms with van der Waals surface area (Å²) in [5, 5.41) is 0. The average molecular weight is 417 g/mol. The third kappa shape index (κ3) is 12.4. The molecular formula is C23H44O6. The van der Waals surface area contributed by atoms with Crippen LogP contribution in [0.2, 0.25) is 0 Å². The molecule has 0 aliphatic heterocycles. The molecule has 0 heterocycles. The summed E-state index contributed by atoms with van der Waals surface area (Å²) in [6.07, 6.45) is 11.0. The fraction of sp³-hybridized carbons (Fsp3) is 0.870. The summed E-state index contributed by atoms with van der Waals surface area (Å²) in [6.45, 7) is 8.99. The van der Waals surface area contributed by atoms with Crippen molar-refractivity contribution in [2.45, 2.75) is 84.0 Å². The largest absolute Gasteiger partial charge is 0.462 e. The molecule has 0 aromatic rings. The molecule has 6 nitrogen and oxygen atoms in total. The lowest BCUT2D eigenvalue weighted by molar-refractivity contribution is -0.380. The van der Waals surface area contributed by atoms with Crippen molar-refractivity contribution < 1.29 is 28.5 Å². The zero-order valence-corrected chi connectivity index (χ0v) is 19.4. The van der Waals surface area contributed by atoms with Crippen LogP contribution in [0.15, 0.2) is 12.2 Å². The standard InChI is InChI=1S/C23H44O6/c1-7-8-9-10-11-12-15-21(23(25-4,26-5)27-6)16-13-17-28-18-14-19-29-22(24)20(2)3/h21H,2,7-19H2,1,3-6H3. The molecule has 0 N–H and O–H groups in total. The van der Waals surface area contributed by atoms with E-state index >= 15 is 0 Å². The highest BCUT2D eigenvalue weighted by molar-refractivity contribution is 5.86. The van der Waals surface area contributed by atoms with Gasteiger partial charge in [-0.15, -0.1) is 0 Å². The Morgan fingerprint density at radius 1 is 0.828 bits per heavy atom. The van der Waals surface area contributed by atoms with Crippen molar-refractivity contribution in [1.82, 2.24) is 0 Å². The second-order valence-electron chi connectivity index (χ2n) is 7.49. The van der Waals surface area contributed by atoms with E-state index in [0.717, 1.165) is 25.7 Å². The molecular weight excluding hydrogens is 372 g/mol. The highest BCUT2D eigenvalue weighted by Crippen LogP contribution is 2.32. The number of methoxy groups -OCH3 is 3. The second-order valence-corrected chi connectivity index (χ2v) is 7.49. The first-order valence-electron chi connectivity index (χ1n) is 11.0. The summed E-state index contributed by atoms with van der Waals surface area (Å²) < 4.78 is 27.5. The third-order valence-corrected chi connectivity index (χ3v) is 5.12. The lowest BCUT2D eigenvalue weighted by Gasteiger charge is -2.36. The number of carbonyl (C=O) groups is 1. The molecule has 29 heavy (non-hydrogen) atoms. The van der Waals surface area contributed by atoms with Gasteiger partial charge in [0.05, 0.1) is 6.61 Å². The Labute approximate surface area is 178 Å². The topological polar surface area (TPSA) is 63.2 Å². The van der Waals surface area contributed by atoms with Gasteiger partial charge < -0.3 is 23.7 Å². The highest BCUT2D eigenvalue weighted by atomic mass is 16.9. The quantitative estimate of drug-likeness (QED) is 0.117. The smallest absolute Gasteiger partial charge is 0.333 e. The Kier molecular flexibility index (Phi) is 17.3. The van der Waals surface area contributed by atoms with Crippen LogP contribution in [0.5, 0.6) is 0 Å². The number of ether oxygens (including phenoxy) is 5. The summed E-state index contributed by atoms with van der Waals surface area (Å²) in [4.78, 5) is 11.3. The van der Waals surface area contributed by atoms with Crippen molar-refractivity contribution in [3.8, 4) is 0 Å². The molecule has 0 aliphatic rings. The molecule has 0 bridgehead atoms. The Balaban J connectivity index is 4.20. The van der Waals surface area contributed by atoms with E-state index in [9.17, 15) is 4.79 Å². The van der Waals surface area contributed by atoms with Crippen molar-refractivity contribution in [3.05, 3.63) is 12.2 Å². The molecule has 0 saturated heterocycles. The monoisotopic (exact) mass is 416 g/mol. The lowest BCUT2D eigenvalue weighted by atomic mass is 9.93. The molecule has 1 unspecified atom stereocenters. The normalized spacial score (nSPS) is 12.7. The fourth-order valence-electron chi connectivity index (χ4n) is 3.40. The van der Waals surface area contributed by atoms with E-state index in [0.29, 0.717) is 31.8 Å². The number of hydrogen-bond acceptors (Lipinski definition) is 6. The molecule has 6 heteroatoms. The summed E-state index contributed by atoms with van der Waals surface area (Å²) >= 11 is 0. The van der Waals surface area contributed by atoms with E-state index in [2.05, 4.69) is 13.5 Å². The van der Waals surface area contributed by atoms with Crippen molar-refractivity contribution in [1.29, 1.82) is 0 Å². The summed E-state index contributed by atoms with van der Waals surface area (Å²) in [6, 6.07) is 0. The van der Waals surface area contributed by atoms with E-state index in [1.165, 1.54) is 32.1 Å². The van der Waals surface area contributed by atoms with E-state index in [4.69, 9.17) is 23.7 Å². The van der Waals surface area contributed by atoms with Gasteiger partial charge >= 0.3 is 5.97 Å². The third-order valence-electron chi connectivity index (χ3n) is 5.12. The van der Waals surface area contributed by atoms with Gasteiger partial charge in [0.25, 0.3) is 5.97 Å². The first-order valence-corrected chi connectivity index (χ1v) is 11.0. The van der Waals surface area contributed by atoms with E-state index in [1.54, 1.807) is 28.3 Å². The molecule has 0 radical (unpaired) electrons. The number of hydrogen-bond donors (Lipinski definition) is 0. The number of rotatable bonds is 20. The molecule has 1 atom stereocenters. The maximum atomic E-state index is 11.3. The lowest BCUT2D eigenvalue weighted by Crippen LogP contribution is -2.44. The Hall–Kier alpha value is -0.950. The highest BCUT2D eigenvalue weighted by Gasteiger charge is 2.39. The minimum absolute atomic E-state index is 0.147. The van der Waals surface area contributed by atoms with Gasteiger partial charge in [0.1, 0.15) is 0 Å². The molecule has 0 amide bonds. The zero-order valence-electron chi connectivity index (χ0n) is 19.4. The zero-order chi connectivity index (χ0) is 22.0. The minimum atomic E-state index is -1.000. The van der Waals surface area contributed by atoms with Gasteiger partial charge in [-0.3, -0.25) is 0 Å². The van der Waals surface area contributed by atoms with Crippen LogP contribution in [0.25, 0.3) is 0 Å². The van der Waals surface area contributed by atoms with E-state index in [1.807, 2.05) is 0 Å². The second kappa shape index (κ2) is 17.9. The van der Waals surface area contributed by atoms with Crippen molar-refractivity contribution in [3.63, 3.8) is 0 Å². The van der Waals surface area contributed by atoms with Crippen molar-refractivity contribution in [2.75, 3.05) is 41.2 Å².